The molecule has 1 amide bonds. The molecule has 4 rings (SSSR count). The fourth-order valence-corrected chi connectivity index (χ4v) is 4.21. The summed E-state index contributed by atoms with van der Waals surface area (Å²) in [7, 11) is 5.06. The van der Waals surface area contributed by atoms with Gasteiger partial charge in [-0.25, -0.2) is 9.98 Å². The van der Waals surface area contributed by atoms with Gasteiger partial charge in [-0.3, -0.25) is 4.79 Å². The van der Waals surface area contributed by atoms with Crippen molar-refractivity contribution in [3.63, 3.8) is 0 Å². The molecule has 158 valence electrons. The van der Waals surface area contributed by atoms with E-state index in [2.05, 4.69) is 4.98 Å². The van der Waals surface area contributed by atoms with E-state index in [-0.39, 0.29) is 5.91 Å². The molecule has 2 heterocycles. The third-order valence-corrected chi connectivity index (χ3v) is 5.96. The summed E-state index contributed by atoms with van der Waals surface area (Å²) in [5.41, 5.74) is 2.18. The van der Waals surface area contributed by atoms with Crippen LogP contribution in [-0.4, -0.2) is 37.0 Å². The Hall–Kier alpha value is -3.16. The molecule has 0 N–H and O–H groups in total. The third-order valence-electron chi connectivity index (χ3n) is 4.68. The zero-order valence-corrected chi connectivity index (χ0v) is 19.0. The Morgan fingerprint density at radius 1 is 1.16 bits per heavy atom. The van der Waals surface area contributed by atoms with E-state index in [1.165, 1.54) is 16.2 Å². The van der Waals surface area contributed by atoms with Crippen LogP contribution in [-0.2, 0) is 0 Å². The smallest absolute Gasteiger partial charge is 0.265 e. The number of carbonyl (C=O) groups is 1. The first kappa shape index (κ1) is 21.1. The number of nitrogens with zero attached hydrogens (tertiary/aromatic N) is 3. The van der Waals surface area contributed by atoms with E-state index in [0.717, 1.165) is 16.7 Å². The summed E-state index contributed by atoms with van der Waals surface area (Å²) >= 11 is 7.49. The molecule has 0 atom stereocenters. The molecule has 0 unspecified atom stereocenters. The van der Waals surface area contributed by atoms with Gasteiger partial charge in [-0.15, -0.1) is 0 Å². The quantitative estimate of drug-likeness (QED) is 0.411. The Kier molecular flexibility index (Phi) is 5.80. The maximum absolute atomic E-state index is 12.4. The van der Waals surface area contributed by atoms with Crippen LogP contribution in [0.4, 0.5) is 5.13 Å². The number of thiazole rings is 1. The van der Waals surface area contributed by atoms with Crippen molar-refractivity contribution >= 4 is 44.9 Å². The van der Waals surface area contributed by atoms with Gasteiger partial charge in [0.15, 0.2) is 0 Å². The summed E-state index contributed by atoms with van der Waals surface area (Å²) in [6, 6.07) is 14.8. The van der Waals surface area contributed by atoms with Crippen molar-refractivity contribution in [1.29, 1.82) is 0 Å². The number of hydrogen-bond donors (Lipinski definition) is 0. The molecule has 2 aromatic carbocycles. The second kappa shape index (κ2) is 8.53. The molecule has 4 aromatic rings. The van der Waals surface area contributed by atoms with Crippen LogP contribution in [0.3, 0.4) is 0 Å². The van der Waals surface area contributed by atoms with E-state index < -0.39 is 0 Å². The highest BCUT2D eigenvalue weighted by Crippen LogP contribution is 2.28. The molecule has 0 aliphatic rings. The Morgan fingerprint density at radius 2 is 1.90 bits per heavy atom. The minimum Gasteiger partial charge on any atom is -0.497 e. The van der Waals surface area contributed by atoms with E-state index in [1.807, 2.05) is 49.4 Å². The number of amides is 1. The molecule has 0 saturated heterocycles. The maximum atomic E-state index is 12.4. The number of aryl methyl sites for hydroxylation is 1. The minimum atomic E-state index is -0.0914. The van der Waals surface area contributed by atoms with Gasteiger partial charge in [0.25, 0.3) is 5.91 Å². The fraction of sp³-hybridized carbons (Fsp3) is 0.174. The normalized spacial score (nSPS) is 11.7. The Labute approximate surface area is 188 Å². The molecule has 0 fully saturated rings. The molecule has 0 aliphatic carbocycles. The summed E-state index contributed by atoms with van der Waals surface area (Å²) in [6.45, 7) is 1.81. The number of halogens is 1. The van der Waals surface area contributed by atoms with E-state index in [4.69, 9.17) is 25.7 Å². The van der Waals surface area contributed by atoms with Crippen molar-refractivity contribution in [2.75, 3.05) is 21.2 Å². The van der Waals surface area contributed by atoms with Gasteiger partial charge in [0.2, 0.25) is 5.13 Å². The predicted octanol–water partition coefficient (Wildman–Crippen LogP) is 5.46. The summed E-state index contributed by atoms with van der Waals surface area (Å²) in [4.78, 5) is 23.7. The lowest BCUT2D eigenvalue weighted by Gasteiger charge is -2.07. The lowest BCUT2D eigenvalue weighted by molar-refractivity contribution is 0.0831. The lowest BCUT2D eigenvalue weighted by Crippen LogP contribution is -2.21. The van der Waals surface area contributed by atoms with Crippen LogP contribution in [0.15, 0.2) is 57.9 Å². The summed E-state index contributed by atoms with van der Waals surface area (Å²) in [6.07, 6.45) is 0. The average Bonchev–Trinajstić information content (AvgIpc) is 3.13. The molecule has 31 heavy (non-hydrogen) atoms. The first-order valence-corrected chi connectivity index (χ1v) is 10.7. The van der Waals surface area contributed by atoms with E-state index >= 15 is 0 Å². The van der Waals surface area contributed by atoms with Gasteiger partial charge < -0.3 is 14.1 Å². The Morgan fingerprint density at radius 3 is 2.58 bits per heavy atom. The summed E-state index contributed by atoms with van der Waals surface area (Å²) in [5.74, 6) is 1.32. The van der Waals surface area contributed by atoms with Crippen molar-refractivity contribution in [3.8, 4) is 17.1 Å². The zero-order valence-electron chi connectivity index (χ0n) is 17.5. The van der Waals surface area contributed by atoms with E-state index in [1.54, 1.807) is 27.3 Å². The molecular formula is C23H20ClN3O3S. The summed E-state index contributed by atoms with van der Waals surface area (Å²) < 4.78 is 11.4. The van der Waals surface area contributed by atoms with Crippen LogP contribution in [0.2, 0.25) is 5.02 Å². The molecular weight excluding hydrogens is 434 g/mol. The number of carbonyl (C=O) groups excluding carboxylic acids is 1. The van der Waals surface area contributed by atoms with E-state index in [0.29, 0.717) is 37.4 Å². The monoisotopic (exact) mass is 453 g/mol. The topological polar surface area (TPSA) is 67.9 Å². The van der Waals surface area contributed by atoms with Gasteiger partial charge in [0.05, 0.1) is 18.2 Å². The Balaban J connectivity index is 1.90. The van der Waals surface area contributed by atoms with Crippen LogP contribution in [0.1, 0.15) is 15.4 Å². The van der Waals surface area contributed by atoms with Crippen molar-refractivity contribution in [1.82, 2.24) is 9.88 Å². The number of benzene rings is 2. The van der Waals surface area contributed by atoms with Crippen molar-refractivity contribution < 1.29 is 13.9 Å². The minimum absolute atomic E-state index is 0.0914. The van der Waals surface area contributed by atoms with Crippen LogP contribution in [0, 0.1) is 6.92 Å². The lowest BCUT2D eigenvalue weighted by atomic mass is 10.1. The highest BCUT2D eigenvalue weighted by Gasteiger charge is 2.17. The van der Waals surface area contributed by atoms with Gasteiger partial charge >= 0.3 is 0 Å². The second-order valence-corrected chi connectivity index (χ2v) is 8.50. The molecule has 0 saturated carbocycles. The van der Waals surface area contributed by atoms with Crippen LogP contribution >= 0.6 is 22.9 Å². The molecule has 6 nitrogen and oxygen atoms in total. The standard InChI is InChI=1S/C23H20ClN3O3S/c1-13-21(22(28)27(2)3)31-23(25-13)26-18-12-20(14-5-8-16(29-4)9-6-14)30-19-10-7-15(24)11-17(18)19/h5-12H,1-4H3. The van der Waals surface area contributed by atoms with Gasteiger partial charge in [-0.1, -0.05) is 22.9 Å². The molecule has 8 heteroatoms. The summed E-state index contributed by atoms with van der Waals surface area (Å²) in [5, 5.41) is 2.50. The number of aromatic nitrogens is 1. The molecule has 0 aliphatic heterocycles. The van der Waals surface area contributed by atoms with Crippen molar-refractivity contribution in [2.45, 2.75) is 6.92 Å². The first-order chi connectivity index (χ1) is 14.9. The van der Waals surface area contributed by atoms with E-state index in [9.17, 15) is 4.79 Å². The molecule has 0 radical (unpaired) electrons. The molecule has 2 aromatic heterocycles. The third kappa shape index (κ3) is 4.33. The van der Waals surface area contributed by atoms with Gasteiger partial charge in [-0.2, -0.15) is 0 Å². The number of fused-ring (bicyclic) bond motifs is 1. The number of methoxy groups -OCH3 is 1. The first-order valence-electron chi connectivity index (χ1n) is 9.47. The maximum Gasteiger partial charge on any atom is 0.265 e. The molecule has 0 bridgehead atoms. The number of rotatable bonds is 4. The van der Waals surface area contributed by atoms with Gasteiger partial charge in [0, 0.05) is 36.1 Å². The SMILES string of the molecule is COc1ccc(-c2cc(=Nc3nc(C)c(C(=O)N(C)C)s3)c3cc(Cl)ccc3o2)cc1. The van der Waals surface area contributed by atoms with Crippen LogP contribution < -0.4 is 10.1 Å². The van der Waals surface area contributed by atoms with Crippen LogP contribution in [0.25, 0.3) is 22.3 Å². The Bertz CT molecular complexity index is 1340. The number of ether oxygens (including phenoxy) is 1. The highest BCUT2D eigenvalue weighted by molar-refractivity contribution is 7.17. The van der Waals surface area contributed by atoms with Gasteiger partial charge in [-0.05, 0) is 49.4 Å². The predicted molar refractivity (Wildman–Crippen MR) is 123 cm³/mol. The zero-order chi connectivity index (χ0) is 22.1. The van der Waals surface area contributed by atoms with Crippen LogP contribution in [0.5, 0.6) is 5.75 Å². The second-order valence-electron chi connectivity index (χ2n) is 7.09. The largest absolute Gasteiger partial charge is 0.497 e. The highest BCUT2D eigenvalue weighted by atomic mass is 35.5. The van der Waals surface area contributed by atoms with Crippen molar-refractivity contribution in [3.05, 3.63) is 69.5 Å². The molecule has 0 spiro atoms. The number of hydrogen-bond acceptors (Lipinski definition) is 6. The van der Waals surface area contributed by atoms with Crippen molar-refractivity contribution in [2.24, 2.45) is 4.99 Å². The average molecular weight is 454 g/mol. The van der Waals surface area contributed by atoms with Gasteiger partial charge in [0.1, 0.15) is 22.0 Å². The fourth-order valence-electron chi connectivity index (χ4n) is 3.07.